The van der Waals surface area contributed by atoms with Crippen molar-refractivity contribution in [1.29, 1.82) is 0 Å². The summed E-state index contributed by atoms with van der Waals surface area (Å²) in [5, 5.41) is 3.71. The summed E-state index contributed by atoms with van der Waals surface area (Å²) < 4.78 is 24.9. The number of carbonyl (C=O) groups is 1. The van der Waals surface area contributed by atoms with E-state index in [1.807, 2.05) is 32.2 Å². The lowest BCUT2D eigenvalue weighted by Gasteiger charge is -2.38. The predicted octanol–water partition coefficient (Wildman–Crippen LogP) is 4.72. The van der Waals surface area contributed by atoms with Crippen molar-refractivity contribution >= 4 is 45.3 Å². The maximum absolute atomic E-state index is 12.4. The number of nitrogen functional groups attached to an aromatic ring is 1. The topological polar surface area (TPSA) is 123 Å². The van der Waals surface area contributed by atoms with Gasteiger partial charge in [0.25, 0.3) is 5.91 Å². The van der Waals surface area contributed by atoms with Gasteiger partial charge in [-0.2, -0.15) is 4.21 Å². The van der Waals surface area contributed by atoms with Gasteiger partial charge in [-0.15, -0.1) is 0 Å². The van der Waals surface area contributed by atoms with Crippen LogP contribution in [-0.2, 0) is 23.1 Å². The first-order valence-corrected chi connectivity index (χ1v) is 14.0. The minimum Gasteiger partial charge on any atom is -0.383 e. The number of carbonyl (C=O) groups excluding carboxylic acids is 1. The summed E-state index contributed by atoms with van der Waals surface area (Å²) in [7, 11) is 1.98. The molecule has 3 heterocycles. The molecule has 2 aliphatic rings. The molecular weight excluding hydrogens is 500 g/mol. The molecule has 3 aromatic rings. The smallest absolute Gasteiger partial charge is 0.358 e. The van der Waals surface area contributed by atoms with Crippen molar-refractivity contribution in [2.45, 2.75) is 52.0 Å². The zero-order valence-corrected chi connectivity index (χ0v) is 23.0. The number of nitrogens with one attached hydrogen (secondary N) is 1. The normalized spacial score (nSPS) is 19.8. The van der Waals surface area contributed by atoms with E-state index in [-0.39, 0.29) is 15.8 Å². The number of rotatable bonds is 6. The van der Waals surface area contributed by atoms with Crippen LogP contribution in [0.1, 0.15) is 50.2 Å². The third kappa shape index (κ3) is 4.36. The molecule has 5 rings (SSSR count). The Morgan fingerprint density at radius 3 is 2.63 bits per heavy atom. The van der Waals surface area contributed by atoms with E-state index in [9.17, 15) is 13.6 Å². The lowest BCUT2D eigenvalue weighted by Crippen LogP contribution is -2.54. The summed E-state index contributed by atoms with van der Waals surface area (Å²) in [6.45, 7) is 8.92. The SMILES string of the molecule is C=C(C)C(=O)Nc1ccc(-c2c(C3=CC[C@@H]([N+]4(S(=O)O)CCCC4)CC3)c3c(N)ncnc3n2C)c(C)c1. The highest BCUT2D eigenvalue weighted by atomic mass is 32.2. The second kappa shape index (κ2) is 10.1. The zero-order valence-electron chi connectivity index (χ0n) is 22.2. The number of hydrogen-bond donors (Lipinski definition) is 3. The number of likely N-dealkylation sites (tertiary alicyclic amines) is 1. The minimum absolute atomic E-state index is 0.122. The monoisotopic (exact) mass is 535 g/mol. The van der Waals surface area contributed by atoms with E-state index >= 15 is 0 Å². The third-order valence-electron chi connectivity index (χ3n) is 8.13. The Labute approximate surface area is 225 Å². The van der Waals surface area contributed by atoms with Crippen molar-refractivity contribution in [2.75, 3.05) is 24.1 Å². The van der Waals surface area contributed by atoms with Crippen LogP contribution in [0.25, 0.3) is 27.9 Å². The van der Waals surface area contributed by atoms with Crippen LogP contribution in [0.15, 0.2) is 42.8 Å². The molecule has 0 radical (unpaired) electrons. The fourth-order valence-electron chi connectivity index (χ4n) is 6.14. The highest BCUT2D eigenvalue weighted by molar-refractivity contribution is 7.73. The highest BCUT2D eigenvalue weighted by Gasteiger charge is 2.46. The first-order valence-electron chi connectivity index (χ1n) is 13.0. The lowest BCUT2D eigenvalue weighted by atomic mass is 9.87. The summed E-state index contributed by atoms with van der Waals surface area (Å²) >= 11 is -1.89. The van der Waals surface area contributed by atoms with Gasteiger partial charge in [-0.3, -0.25) is 9.35 Å². The molecule has 1 aliphatic carbocycles. The Morgan fingerprint density at radius 1 is 1.29 bits per heavy atom. The number of aromatic nitrogens is 3. The number of hydrogen-bond acceptors (Lipinski definition) is 5. The number of quaternary nitrogens is 1. The Bertz CT molecular complexity index is 1500. The Hall–Kier alpha value is -3.34. The van der Waals surface area contributed by atoms with E-state index in [1.165, 1.54) is 6.33 Å². The largest absolute Gasteiger partial charge is 0.383 e. The Morgan fingerprint density at radius 2 is 2.03 bits per heavy atom. The van der Waals surface area contributed by atoms with Crippen LogP contribution < -0.4 is 11.1 Å². The number of fused-ring (bicyclic) bond motifs is 1. The van der Waals surface area contributed by atoms with Gasteiger partial charge in [0.1, 0.15) is 23.8 Å². The van der Waals surface area contributed by atoms with Crippen molar-refractivity contribution in [3.8, 4) is 11.3 Å². The van der Waals surface area contributed by atoms with E-state index in [0.717, 1.165) is 84.2 Å². The first kappa shape index (κ1) is 26.3. The van der Waals surface area contributed by atoms with Crippen LogP contribution in [-0.4, -0.2) is 52.2 Å². The molecule has 0 saturated carbocycles. The molecule has 9 nitrogen and oxygen atoms in total. The van der Waals surface area contributed by atoms with Crippen molar-refractivity contribution in [3.05, 3.63) is 53.9 Å². The first-order chi connectivity index (χ1) is 18.1. The van der Waals surface area contributed by atoms with Crippen LogP contribution in [0.3, 0.4) is 0 Å². The third-order valence-corrected chi connectivity index (χ3v) is 9.41. The second-order valence-corrected chi connectivity index (χ2v) is 11.7. The molecule has 1 fully saturated rings. The minimum atomic E-state index is -1.89. The molecule has 2 aromatic heterocycles. The molecule has 10 heteroatoms. The van der Waals surface area contributed by atoms with Gasteiger partial charge < -0.3 is 15.6 Å². The van der Waals surface area contributed by atoms with E-state index in [2.05, 4.69) is 32.5 Å². The van der Waals surface area contributed by atoms with Gasteiger partial charge in [0, 0.05) is 55.1 Å². The summed E-state index contributed by atoms with van der Waals surface area (Å²) in [6, 6.07) is 5.98. The average molecular weight is 536 g/mol. The number of aryl methyl sites for hydroxylation is 2. The predicted molar refractivity (Wildman–Crippen MR) is 152 cm³/mol. The van der Waals surface area contributed by atoms with Gasteiger partial charge in [0.2, 0.25) is 0 Å². The molecule has 1 aliphatic heterocycles. The van der Waals surface area contributed by atoms with Gasteiger partial charge in [-0.25, -0.2) is 13.9 Å². The molecule has 200 valence electrons. The number of benzene rings is 1. The fourth-order valence-corrected chi connectivity index (χ4v) is 7.16. The average Bonchev–Trinajstić information content (AvgIpc) is 3.50. The molecule has 0 bridgehead atoms. The van der Waals surface area contributed by atoms with E-state index in [1.54, 1.807) is 6.92 Å². The standard InChI is InChI=1S/C28H34N6O3S/c1-17(2)28(35)32-20-9-12-22(18(3)15-20)25-23(24-26(29)30-16-31-27(24)33(25)4)19-7-10-21(11-8-19)34(38(36)37)13-5-6-14-34/h7,9,12,15-16,21H,1,5-6,8,10-11,13-14H2,2-4H3,(H3-,29,30,31,32,35,36,37)/p+1/t21-/m1/s1. The molecule has 38 heavy (non-hydrogen) atoms. The van der Waals surface area contributed by atoms with Gasteiger partial charge in [0.05, 0.1) is 24.2 Å². The summed E-state index contributed by atoms with van der Waals surface area (Å²) in [5.41, 5.74) is 13.5. The number of anilines is 2. The maximum atomic E-state index is 12.4. The number of allylic oxidation sites excluding steroid dienone is 1. The van der Waals surface area contributed by atoms with E-state index in [0.29, 0.717) is 17.1 Å². The van der Waals surface area contributed by atoms with Gasteiger partial charge in [-0.05, 0) is 43.5 Å². The number of nitrogens with zero attached hydrogens (tertiary/aromatic N) is 4. The molecule has 4 N–H and O–H groups in total. The van der Waals surface area contributed by atoms with Gasteiger partial charge in [-0.1, -0.05) is 18.7 Å². The van der Waals surface area contributed by atoms with Crippen molar-refractivity contribution in [1.82, 2.24) is 14.5 Å². The summed E-state index contributed by atoms with van der Waals surface area (Å²) in [4.78, 5) is 21.0. The van der Waals surface area contributed by atoms with Crippen LogP contribution in [0, 0.1) is 6.92 Å². The number of nitrogens with two attached hydrogens (primary N) is 1. The maximum Gasteiger partial charge on any atom is 0.358 e. The second-order valence-electron chi connectivity index (χ2n) is 10.5. The van der Waals surface area contributed by atoms with Crippen molar-refractivity contribution in [3.63, 3.8) is 0 Å². The van der Waals surface area contributed by atoms with Gasteiger partial charge >= 0.3 is 11.3 Å². The Balaban J connectivity index is 1.60. The van der Waals surface area contributed by atoms with Crippen LogP contribution in [0.5, 0.6) is 0 Å². The Kier molecular flexibility index (Phi) is 6.97. The summed E-state index contributed by atoms with van der Waals surface area (Å²) in [5.74, 6) is 0.215. The van der Waals surface area contributed by atoms with Crippen LogP contribution >= 0.6 is 0 Å². The van der Waals surface area contributed by atoms with Crippen molar-refractivity contribution < 1.29 is 17.4 Å². The molecule has 1 aromatic carbocycles. The lowest BCUT2D eigenvalue weighted by molar-refractivity contribution is -0.820. The molecule has 1 unspecified atom stereocenters. The van der Waals surface area contributed by atoms with Crippen LogP contribution in [0.4, 0.5) is 11.5 Å². The number of amides is 1. The van der Waals surface area contributed by atoms with Crippen LogP contribution in [0.2, 0.25) is 0 Å². The zero-order chi connectivity index (χ0) is 27.2. The fraction of sp³-hybridized carbons (Fsp3) is 0.393. The van der Waals surface area contributed by atoms with E-state index < -0.39 is 11.3 Å². The molecule has 1 saturated heterocycles. The molecule has 1 amide bonds. The van der Waals surface area contributed by atoms with Gasteiger partial charge in [0.15, 0.2) is 0 Å². The molecule has 0 spiro atoms. The van der Waals surface area contributed by atoms with Crippen molar-refractivity contribution in [2.24, 2.45) is 7.05 Å². The molecule has 2 atom stereocenters. The van der Waals surface area contributed by atoms with E-state index in [4.69, 9.17) is 5.73 Å². The quantitative estimate of drug-likeness (QED) is 0.238. The molecular formula is C28H35N6O3S+. The highest BCUT2D eigenvalue weighted by Crippen LogP contribution is 2.44. The summed E-state index contributed by atoms with van der Waals surface area (Å²) in [6.07, 6.45) is 8.01.